The number of pyridine rings is 1. The normalized spacial score (nSPS) is 12.6. The van der Waals surface area contributed by atoms with Crippen LogP contribution in [0.2, 0.25) is 5.02 Å². The highest BCUT2D eigenvalue weighted by molar-refractivity contribution is 6.31. The van der Waals surface area contributed by atoms with Crippen molar-refractivity contribution in [3.8, 4) is 17.2 Å². The molecule has 0 saturated carbocycles. The minimum atomic E-state index is 0.270. The zero-order valence-electron chi connectivity index (χ0n) is 16.0. The second-order valence-corrected chi connectivity index (χ2v) is 7.30. The van der Waals surface area contributed by atoms with Crippen LogP contribution in [-0.2, 0) is 6.61 Å². The number of hydrogen-bond donors (Lipinski definition) is 0. The molecule has 5 rings (SSSR count). The van der Waals surface area contributed by atoms with E-state index in [1.54, 1.807) is 0 Å². The standard InChI is InChI=1S/C25H18ClNO3/c26-21-6-2-1-4-19(21)15-28-23-7-3-5-18-10-12-20(27-25(18)23)11-8-17-9-13-22-24(14-17)30-16-29-22/h1-14H,15-16H2/b11-8-. The number of para-hydroxylation sites is 1. The van der Waals surface area contributed by atoms with Gasteiger partial charge in [-0.3, -0.25) is 0 Å². The first kappa shape index (κ1) is 18.5. The molecule has 5 heteroatoms. The molecular weight excluding hydrogens is 398 g/mol. The highest BCUT2D eigenvalue weighted by atomic mass is 35.5. The molecule has 30 heavy (non-hydrogen) atoms. The van der Waals surface area contributed by atoms with E-state index in [4.69, 9.17) is 30.8 Å². The van der Waals surface area contributed by atoms with Crippen LogP contribution in [0, 0.1) is 0 Å². The Balaban J connectivity index is 1.40. The molecule has 0 spiro atoms. The van der Waals surface area contributed by atoms with Gasteiger partial charge in [0.25, 0.3) is 0 Å². The highest BCUT2D eigenvalue weighted by Gasteiger charge is 2.12. The highest BCUT2D eigenvalue weighted by Crippen LogP contribution is 2.33. The molecule has 3 aromatic carbocycles. The Morgan fingerprint density at radius 3 is 2.73 bits per heavy atom. The summed E-state index contributed by atoms with van der Waals surface area (Å²) in [5.74, 6) is 2.26. The summed E-state index contributed by atoms with van der Waals surface area (Å²) in [5, 5.41) is 1.71. The van der Waals surface area contributed by atoms with E-state index in [9.17, 15) is 0 Å². The molecule has 0 bridgehead atoms. The van der Waals surface area contributed by atoms with Gasteiger partial charge in [0.1, 0.15) is 17.9 Å². The fraction of sp³-hybridized carbons (Fsp3) is 0.0800. The second-order valence-electron chi connectivity index (χ2n) is 6.89. The van der Waals surface area contributed by atoms with Crippen LogP contribution in [0.25, 0.3) is 23.1 Å². The number of halogens is 1. The summed E-state index contributed by atoms with van der Waals surface area (Å²) in [4.78, 5) is 4.80. The molecule has 0 radical (unpaired) electrons. The Labute approximate surface area is 179 Å². The average Bonchev–Trinajstić information content (AvgIpc) is 3.25. The molecule has 4 nitrogen and oxygen atoms in total. The maximum absolute atomic E-state index is 6.25. The Kier molecular flexibility index (Phi) is 4.99. The van der Waals surface area contributed by atoms with Crippen LogP contribution in [0.15, 0.2) is 72.8 Å². The summed E-state index contributed by atoms with van der Waals surface area (Å²) in [7, 11) is 0. The molecule has 1 aliphatic heterocycles. The molecule has 0 saturated heterocycles. The molecule has 1 aliphatic rings. The van der Waals surface area contributed by atoms with E-state index in [1.165, 1.54) is 0 Å². The summed E-state index contributed by atoms with van der Waals surface area (Å²) in [6.45, 7) is 0.656. The topological polar surface area (TPSA) is 40.6 Å². The van der Waals surface area contributed by atoms with Gasteiger partial charge in [-0.1, -0.05) is 60.1 Å². The molecule has 2 heterocycles. The predicted octanol–water partition coefficient (Wildman–Crippen LogP) is 6.37. The first-order chi connectivity index (χ1) is 14.8. The van der Waals surface area contributed by atoms with E-state index in [1.807, 2.05) is 84.9 Å². The molecular formula is C25H18ClNO3. The molecule has 148 valence electrons. The van der Waals surface area contributed by atoms with Gasteiger partial charge in [0.15, 0.2) is 11.5 Å². The van der Waals surface area contributed by atoms with Crippen molar-refractivity contribution in [3.05, 3.63) is 94.6 Å². The minimum Gasteiger partial charge on any atom is -0.487 e. The van der Waals surface area contributed by atoms with Crippen molar-refractivity contribution in [2.75, 3.05) is 6.79 Å². The molecule has 4 aromatic rings. The number of ether oxygens (including phenoxy) is 3. The average molecular weight is 416 g/mol. The first-order valence-corrected chi connectivity index (χ1v) is 9.98. The third-order valence-electron chi connectivity index (χ3n) is 4.89. The number of rotatable bonds is 5. The van der Waals surface area contributed by atoms with Crippen molar-refractivity contribution < 1.29 is 14.2 Å². The second kappa shape index (κ2) is 8.09. The van der Waals surface area contributed by atoms with Gasteiger partial charge in [-0.05, 0) is 42.0 Å². The lowest BCUT2D eigenvalue weighted by Crippen LogP contribution is -1.98. The lowest BCUT2D eigenvalue weighted by atomic mass is 10.1. The number of benzene rings is 3. The lowest BCUT2D eigenvalue weighted by Gasteiger charge is -2.10. The minimum absolute atomic E-state index is 0.270. The van der Waals surface area contributed by atoms with Crippen LogP contribution in [0.4, 0.5) is 0 Å². The fourth-order valence-electron chi connectivity index (χ4n) is 3.31. The van der Waals surface area contributed by atoms with Crippen LogP contribution >= 0.6 is 11.6 Å². The summed E-state index contributed by atoms with van der Waals surface area (Å²) >= 11 is 6.25. The van der Waals surface area contributed by atoms with Crippen molar-refractivity contribution in [1.29, 1.82) is 0 Å². The van der Waals surface area contributed by atoms with Gasteiger partial charge in [-0.25, -0.2) is 4.98 Å². The SMILES string of the molecule is Clc1ccccc1COc1cccc2ccc(/C=C\c3ccc4c(c3)OCO4)nc12. The fourth-order valence-corrected chi connectivity index (χ4v) is 3.50. The summed E-state index contributed by atoms with van der Waals surface area (Å²) in [6.07, 6.45) is 3.98. The van der Waals surface area contributed by atoms with Crippen LogP contribution in [0.3, 0.4) is 0 Å². The van der Waals surface area contributed by atoms with Crippen LogP contribution < -0.4 is 14.2 Å². The van der Waals surface area contributed by atoms with E-state index in [-0.39, 0.29) is 6.79 Å². The van der Waals surface area contributed by atoms with E-state index in [0.29, 0.717) is 11.6 Å². The van der Waals surface area contributed by atoms with Gasteiger partial charge in [-0.2, -0.15) is 0 Å². The third-order valence-corrected chi connectivity index (χ3v) is 5.26. The predicted molar refractivity (Wildman–Crippen MR) is 119 cm³/mol. The maximum Gasteiger partial charge on any atom is 0.231 e. The van der Waals surface area contributed by atoms with Gasteiger partial charge < -0.3 is 14.2 Å². The van der Waals surface area contributed by atoms with Crippen molar-refractivity contribution in [2.24, 2.45) is 0 Å². The van der Waals surface area contributed by atoms with Crippen LogP contribution in [-0.4, -0.2) is 11.8 Å². The summed E-state index contributed by atoms with van der Waals surface area (Å²) < 4.78 is 16.9. The van der Waals surface area contributed by atoms with Crippen LogP contribution in [0.5, 0.6) is 17.2 Å². The molecule has 0 amide bonds. The van der Waals surface area contributed by atoms with E-state index in [2.05, 4.69) is 0 Å². The number of hydrogen-bond acceptors (Lipinski definition) is 4. The quantitative estimate of drug-likeness (QED) is 0.380. The third kappa shape index (κ3) is 3.82. The largest absolute Gasteiger partial charge is 0.487 e. The van der Waals surface area contributed by atoms with E-state index in [0.717, 1.165) is 45.0 Å². The molecule has 0 atom stereocenters. The maximum atomic E-state index is 6.25. The number of fused-ring (bicyclic) bond motifs is 2. The van der Waals surface area contributed by atoms with Crippen molar-refractivity contribution >= 4 is 34.7 Å². The number of nitrogens with zero attached hydrogens (tertiary/aromatic N) is 1. The molecule has 0 N–H and O–H groups in total. The molecule has 1 aromatic heterocycles. The van der Waals surface area contributed by atoms with Gasteiger partial charge in [0.2, 0.25) is 6.79 Å². The smallest absolute Gasteiger partial charge is 0.231 e. The zero-order valence-corrected chi connectivity index (χ0v) is 16.8. The van der Waals surface area contributed by atoms with Crippen molar-refractivity contribution in [3.63, 3.8) is 0 Å². The van der Waals surface area contributed by atoms with E-state index < -0.39 is 0 Å². The Hall–Kier alpha value is -3.50. The number of aromatic nitrogens is 1. The summed E-state index contributed by atoms with van der Waals surface area (Å²) in [5.41, 5.74) is 3.62. The van der Waals surface area contributed by atoms with Crippen molar-refractivity contribution in [2.45, 2.75) is 6.61 Å². The van der Waals surface area contributed by atoms with Crippen LogP contribution in [0.1, 0.15) is 16.8 Å². The summed E-state index contributed by atoms with van der Waals surface area (Å²) in [6, 6.07) is 23.5. The van der Waals surface area contributed by atoms with Crippen molar-refractivity contribution in [1.82, 2.24) is 4.98 Å². The Bertz CT molecular complexity index is 1250. The van der Waals surface area contributed by atoms with Gasteiger partial charge in [-0.15, -0.1) is 0 Å². The first-order valence-electron chi connectivity index (χ1n) is 9.60. The lowest BCUT2D eigenvalue weighted by molar-refractivity contribution is 0.174. The van der Waals surface area contributed by atoms with E-state index >= 15 is 0 Å². The zero-order chi connectivity index (χ0) is 20.3. The molecule has 0 aliphatic carbocycles. The molecule has 0 unspecified atom stereocenters. The Morgan fingerprint density at radius 2 is 1.80 bits per heavy atom. The van der Waals surface area contributed by atoms with Gasteiger partial charge in [0, 0.05) is 16.0 Å². The van der Waals surface area contributed by atoms with Gasteiger partial charge >= 0.3 is 0 Å². The molecule has 0 fully saturated rings. The Morgan fingerprint density at radius 1 is 0.900 bits per heavy atom. The van der Waals surface area contributed by atoms with Gasteiger partial charge in [0.05, 0.1) is 5.69 Å². The monoisotopic (exact) mass is 415 g/mol.